The van der Waals surface area contributed by atoms with E-state index in [1.807, 2.05) is 0 Å². The molecule has 0 heterocycles. The maximum atomic E-state index is 2.87. The Morgan fingerprint density at radius 3 is 0.947 bits per heavy atom. The van der Waals surface area contributed by atoms with Gasteiger partial charge >= 0.3 is 0 Å². The summed E-state index contributed by atoms with van der Waals surface area (Å²) in [6.07, 6.45) is 0. The van der Waals surface area contributed by atoms with Gasteiger partial charge in [-0.15, -0.1) is 0 Å². The van der Waals surface area contributed by atoms with Crippen LogP contribution < -0.4 is 0 Å². The van der Waals surface area contributed by atoms with Gasteiger partial charge in [-0.1, -0.05) is 55.4 Å². The molecule has 0 spiro atoms. The predicted molar refractivity (Wildman–Crippen MR) is 107 cm³/mol. The summed E-state index contributed by atoms with van der Waals surface area (Å²) in [6, 6.07) is 3.26. The highest BCUT2D eigenvalue weighted by molar-refractivity contribution is 7.52. The zero-order valence-corrected chi connectivity index (χ0v) is 21.8. The fourth-order valence-corrected chi connectivity index (χ4v) is 81.4. The van der Waals surface area contributed by atoms with Gasteiger partial charge in [-0.3, -0.25) is 0 Å². The van der Waals surface area contributed by atoms with Crippen LogP contribution in [0.15, 0.2) is 0 Å². The molecule has 116 valence electrons. The first kappa shape index (κ1) is 20.0. The van der Waals surface area contributed by atoms with Crippen LogP contribution in [-0.4, -0.2) is 77.4 Å². The molecule has 0 aromatic carbocycles. The molecule has 0 unspecified atom stereocenters. The van der Waals surface area contributed by atoms with Crippen LogP contribution in [0.5, 0.6) is 0 Å². The summed E-state index contributed by atoms with van der Waals surface area (Å²) in [5, 5.41) is 0. The summed E-state index contributed by atoms with van der Waals surface area (Å²) >= 11 is 0. The Hall–Kier alpha value is 1.00. The van der Waals surface area contributed by atoms with Gasteiger partial charge in [-0.25, -0.2) is 0 Å². The van der Waals surface area contributed by atoms with E-state index in [0.717, 1.165) is 24.2 Å². The summed E-state index contributed by atoms with van der Waals surface area (Å²) in [5.41, 5.74) is 0. The zero-order valence-electron chi connectivity index (χ0n) is 14.7. The van der Waals surface area contributed by atoms with E-state index < -0.39 is 0 Å². The lowest BCUT2D eigenvalue weighted by atomic mass is 10.3. The van der Waals surface area contributed by atoms with E-state index >= 15 is 0 Å². The van der Waals surface area contributed by atoms with Crippen molar-refractivity contribution in [2.45, 2.75) is 79.6 Å². The molecule has 0 aromatic rings. The summed E-state index contributed by atoms with van der Waals surface area (Å²) in [4.78, 5) is 0. The Balaban J connectivity index is 3.85. The van der Waals surface area contributed by atoms with Crippen molar-refractivity contribution in [3.8, 4) is 0 Å². The van der Waals surface area contributed by atoms with Crippen LogP contribution in [0.2, 0.25) is 0 Å². The third-order valence-corrected chi connectivity index (χ3v) is 59.3. The highest BCUT2D eigenvalue weighted by Gasteiger charge is 2.15. The average Bonchev–Trinajstić information content (AvgIpc) is 2.25. The molecule has 7 heteroatoms. The van der Waals surface area contributed by atoms with E-state index in [0.29, 0.717) is 25.7 Å². The van der Waals surface area contributed by atoms with Crippen LogP contribution >= 0.6 is 0 Å². The minimum absolute atomic E-state index is 0.219. The first-order chi connectivity index (χ1) is 8.77. The van der Waals surface area contributed by atoms with Gasteiger partial charge in [0.2, 0.25) is 0 Å². The molecule has 0 atom stereocenters. The molecule has 0 fully saturated rings. The normalized spacial score (nSPS) is 16.1. The third kappa shape index (κ3) is 8.79. The van der Waals surface area contributed by atoms with Crippen molar-refractivity contribution < 1.29 is 0 Å². The zero-order chi connectivity index (χ0) is 15.0. The monoisotopic (exact) mass is 350 g/mol. The molecule has 0 aliphatic carbocycles. The SMILES string of the molecule is CC(C)N([SiH2][SiH2][SiH2][SiH2][SiH2]N(C(C)C)C(C)C)C(C)C. The van der Waals surface area contributed by atoms with Gasteiger partial charge in [0.05, 0.1) is 18.4 Å². The van der Waals surface area contributed by atoms with E-state index in [4.69, 9.17) is 0 Å². The highest BCUT2D eigenvalue weighted by Crippen LogP contribution is 2.02. The first-order valence-corrected chi connectivity index (χ1v) is 25.5. The smallest absolute Gasteiger partial charge is 0.0767 e. The second-order valence-electron chi connectivity index (χ2n) is 6.91. The van der Waals surface area contributed by atoms with E-state index in [1.54, 1.807) is 0 Å². The van der Waals surface area contributed by atoms with Crippen molar-refractivity contribution in [3.05, 3.63) is 0 Å². The van der Waals surface area contributed by atoms with E-state index in [2.05, 4.69) is 64.5 Å². The standard InChI is InChI=1S/C12H38N2Si5/c1-9(2)13(10(3)4)15-17-19-18-16-14(11(5)6)12(7)8/h9-12H,15-19H2,1-8H3. The third-order valence-electron chi connectivity index (χ3n) is 3.99. The van der Waals surface area contributed by atoms with Crippen LogP contribution in [0.4, 0.5) is 0 Å². The summed E-state index contributed by atoms with van der Waals surface area (Å²) in [6.45, 7) is 19.2. The second kappa shape index (κ2) is 10.7. The fourth-order valence-electron chi connectivity index (χ4n) is 2.99. The minimum Gasteiger partial charge on any atom is -0.328 e. The lowest BCUT2D eigenvalue weighted by Crippen LogP contribution is -2.47. The van der Waals surface area contributed by atoms with Crippen molar-refractivity contribution in [2.75, 3.05) is 0 Å². The second-order valence-corrected chi connectivity index (χ2v) is 39.5. The van der Waals surface area contributed by atoms with Crippen molar-refractivity contribution in [3.63, 3.8) is 0 Å². The van der Waals surface area contributed by atoms with Gasteiger partial charge in [-0.2, -0.15) is 0 Å². The first-order valence-electron chi connectivity index (χ1n) is 8.28. The summed E-state index contributed by atoms with van der Waals surface area (Å²) in [7, 11) is 1.87. The van der Waals surface area contributed by atoms with Gasteiger partial charge in [0.25, 0.3) is 0 Å². The van der Waals surface area contributed by atoms with Crippen LogP contribution in [-0.2, 0) is 0 Å². The van der Waals surface area contributed by atoms with E-state index in [9.17, 15) is 0 Å². The van der Waals surface area contributed by atoms with Gasteiger partial charge < -0.3 is 9.13 Å². The molecule has 0 bridgehead atoms. The summed E-state index contributed by atoms with van der Waals surface area (Å²) < 4.78 is 5.75. The van der Waals surface area contributed by atoms with Gasteiger partial charge in [-0.05, 0) is 32.7 Å². The topological polar surface area (TPSA) is 6.48 Å². The van der Waals surface area contributed by atoms with Crippen LogP contribution in [0.3, 0.4) is 0 Å². The summed E-state index contributed by atoms with van der Waals surface area (Å²) in [5.74, 6) is 0. The van der Waals surface area contributed by atoms with Crippen molar-refractivity contribution in [2.24, 2.45) is 0 Å². The van der Waals surface area contributed by atoms with Crippen LogP contribution in [0.1, 0.15) is 55.4 Å². The van der Waals surface area contributed by atoms with Crippen LogP contribution in [0.25, 0.3) is 0 Å². The van der Waals surface area contributed by atoms with Gasteiger partial charge in [0.1, 0.15) is 0 Å². The molecular formula is C12H38N2Si5. The maximum Gasteiger partial charge on any atom is 0.0767 e. The highest BCUT2D eigenvalue weighted by atomic mass is 29.8. The molecule has 0 aliphatic rings. The van der Waals surface area contributed by atoms with Crippen molar-refractivity contribution >= 4 is 44.1 Å². The van der Waals surface area contributed by atoms with Gasteiger partial charge in [0.15, 0.2) is 0 Å². The Kier molecular flexibility index (Phi) is 11.3. The molecule has 0 radical (unpaired) electrons. The minimum atomic E-state index is 0.219. The van der Waals surface area contributed by atoms with Crippen LogP contribution in [0, 0.1) is 0 Å². The Bertz CT molecular complexity index is 186. The Labute approximate surface area is 132 Å². The Morgan fingerprint density at radius 2 is 0.737 bits per heavy atom. The lowest BCUT2D eigenvalue weighted by Gasteiger charge is -2.31. The van der Waals surface area contributed by atoms with Crippen molar-refractivity contribution in [1.29, 1.82) is 0 Å². The quantitative estimate of drug-likeness (QED) is 0.352. The molecule has 0 aromatic heterocycles. The molecule has 0 saturated heterocycles. The number of hydrogen-bond acceptors (Lipinski definition) is 2. The van der Waals surface area contributed by atoms with Gasteiger partial charge in [0, 0.05) is 17.1 Å². The maximum absolute atomic E-state index is 2.87. The lowest BCUT2D eigenvalue weighted by molar-refractivity contribution is 0.317. The van der Waals surface area contributed by atoms with E-state index in [-0.39, 0.29) is 18.4 Å². The molecule has 0 amide bonds. The largest absolute Gasteiger partial charge is 0.328 e. The Morgan fingerprint density at radius 1 is 0.474 bits per heavy atom. The number of rotatable bonds is 10. The average molecular weight is 351 g/mol. The van der Waals surface area contributed by atoms with Crippen molar-refractivity contribution in [1.82, 2.24) is 9.13 Å². The molecule has 0 N–H and O–H groups in total. The number of nitrogens with zero attached hydrogens (tertiary/aromatic N) is 2. The molecule has 0 aliphatic heterocycles. The molecule has 0 rings (SSSR count). The fraction of sp³-hybridized carbons (Fsp3) is 1.00. The van der Waals surface area contributed by atoms with E-state index in [1.165, 1.54) is 0 Å². The molecular weight excluding hydrogens is 313 g/mol. The number of hydrogen-bond donors (Lipinski definition) is 0. The molecule has 2 nitrogen and oxygen atoms in total. The predicted octanol–water partition coefficient (Wildman–Crippen LogP) is -1.44. The molecule has 19 heavy (non-hydrogen) atoms. The molecule has 0 saturated carbocycles.